The minimum atomic E-state index is -0.951. The Morgan fingerprint density at radius 2 is 1.68 bits per heavy atom. The lowest BCUT2D eigenvalue weighted by atomic mass is 10.1. The normalized spacial score (nSPS) is 10.9. The third-order valence-corrected chi connectivity index (χ3v) is 5.21. The molecule has 0 bridgehead atoms. The molecule has 0 unspecified atom stereocenters. The number of hydrogen-bond donors (Lipinski definition) is 1. The number of carboxylic acid groups (broad SMARTS) is 1. The van der Waals surface area contributed by atoms with Crippen molar-refractivity contribution in [1.29, 1.82) is 0 Å². The fraction of sp³-hybridized carbons (Fsp3) is 0.200. The smallest absolute Gasteiger partial charge is 0.335 e. The summed E-state index contributed by atoms with van der Waals surface area (Å²) >= 11 is 3.57. The summed E-state index contributed by atoms with van der Waals surface area (Å²) in [7, 11) is 0. The Morgan fingerprint density at radius 3 is 2.29 bits per heavy atom. The Hall–Kier alpha value is -3.12. The maximum atomic E-state index is 11.0. The van der Waals surface area contributed by atoms with Crippen LogP contribution >= 0.6 is 15.9 Å². The number of halogens is 1. The third kappa shape index (κ3) is 6.18. The van der Waals surface area contributed by atoms with E-state index in [2.05, 4.69) is 40.0 Å². The summed E-state index contributed by atoms with van der Waals surface area (Å²) in [6, 6.07) is 18.6. The van der Waals surface area contributed by atoms with Crippen LogP contribution in [0.1, 0.15) is 40.9 Å². The Labute approximate surface area is 190 Å². The van der Waals surface area contributed by atoms with Crippen molar-refractivity contribution in [2.75, 3.05) is 6.61 Å². The second-order valence-electron chi connectivity index (χ2n) is 6.83. The number of aromatic carboxylic acids is 1. The molecular weight excluding hydrogens is 458 g/mol. The second kappa shape index (κ2) is 10.8. The highest BCUT2D eigenvalue weighted by molar-refractivity contribution is 9.10. The largest absolute Gasteiger partial charge is 0.490 e. The van der Waals surface area contributed by atoms with Crippen molar-refractivity contribution in [3.8, 4) is 11.5 Å². The summed E-state index contributed by atoms with van der Waals surface area (Å²) in [5.74, 6) is 0.253. The van der Waals surface area contributed by atoms with Crippen LogP contribution in [0.25, 0.3) is 0 Å². The monoisotopic (exact) mass is 481 g/mol. The van der Waals surface area contributed by atoms with Gasteiger partial charge in [0.1, 0.15) is 6.61 Å². The van der Waals surface area contributed by atoms with Gasteiger partial charge in [0.2, 0.25) is 0 Å². The van der Waals surface area contributed by atoms with E-state index in [0.717, 1.165) is 27.7 Å². The molecule has 0 aromatic heterocycles. The van der Waals surface area contributed by atoms with Crippen molar-refractivity contribution in [2.24, 2.45) is 4.99 Å². The molecule has 3 aromatic rings. The maximum absolute atomic E-state index is 11.0. The minimum Gasteiger partial charge on any atom is -0.490 e. The lowest BCUT2D eigenvalue weighted by Gasteiger charge is -2.15. The molecule has 31 heavy (non-hydrogen) atoms. The van der Waals surface area contributed by atoms with Crippen LogP contribution in [0.3, 0.4) is 0 Å². The summed E-state index contributed by atoms with van der Waals surface area (Å²) in [5, 5.41) is 9.02. The predicted molar refractivity (Wildman–Crippen MR) is 126 cm³/mol. The van der Waals surface area contributed by atoms with Gasteiger partial charge in [-0.2, -0.15) is 0 Å². The molecule has 0 aliphatic heterocycles. The van der Waals surface area contributed by atoms with Gasteiger partial charge in [-0.15, -0.1) is 0 Å². The zero-order chi connectivity index (χ0) is 22.2. The number of ether oxygens (including phenoxy) is 2. The lowest BCUT2D eigenvalue weighted by molar-refractivity contribution is 0.0697. The van der Waals surface area contributed by atoms with Gasteiger partial charge in [-0.3, -0.25) is 4.99 Å². The van der Waals surface area contributed by atoms with Crippen molar-refractivity contribution in [1.82, 2.24) is 0 Å². The highest BCUT2D eigenvalue weighted by Crippen LogP contribution is 2.37. The first-order valence-electron chi connectivity index (χ1n) is 10.0. The van der Waals surface area contributed by atoms with E-state index in [0.29, 0.717) is 18.1 Å². The van der Waals surface area contributed by atoms with Gasteiger partial charge in [0.25, 0.3) is 0 Å². The highest BCUT2D eigenvalue weighted by atomic mass is 79.9. The Morgan fingerprint density at radius 1 is 1.00 bits per heavy atom. The predicted octanol–water partition coefficient (Wildman–Crippen LogP) is 6.44. The summed E-state index contributed by atoms with van der Waals surface area (Å²) in [5.41, 5.74) is 4.15. The molecule has 6 heteroatoms. The van der Waals surface area contributed by atoms with E-state index < -0.39 is 5.97 Å². The van der Waals surface area contributed by atoms with Crippen LogP contribution in [-0.4, -0.2) is 23.9 Å². The quantitative estimate of drug-likeness (QED) is 0.357. The number of nitrogens with zero attached hydrogens (tertiary/aromatic N) is 1. The van der Waals surface area contributed by atoms with E-state index in [1.165, 1.54) is 5.56 Å². The molecular formula is C25H24BrNO4. The first kappa shape index (κ1) is 22.6. The summed E-state index contributed by atoms with van der Waals surface area (Å²) < 4.78 is 12.5. The van der Waals surface area contributed by atoms with E-state index in [9.17, 15) is 4.79 Å². The molecule has 0 aliphatic rings. The molecule has 1 N–H and O–H groups in total. The Bertz CT molecular complexity index is 1060. The molecule has 160 valence electrons. The molecule has 0 spiro atoms. The van der Waals surface area contributed by atoms with Crippen molar-refractivity contribution >= 4 is 33.8 Å². The Balaban J connectivity index is 1.77. The number of carbonyl (C=O) groups is 1. The standard InChI is InChI=1S/C25H24BrNO4/c1-3-17-7-11-21(12-8-17)27-15-19-13-22(26)24(23(14-19)30-4-2)31-16-18-5-9-20(10-6-18)25(28)29/h5-15H,3-4,16H2,1-2H3,(H,28,29). The third-order valence-electron chi connectivity index (χ3n) is 4.62. The first-order chi connectivity index (χ1) is 15.0. The summed E-state index contributed by atoms with van der Waals surface area (Å²) in [6.07, 6.45) is 2.79. The molecule has 5 nitrogen and oxygen atoms in total. The van der Waals surface area contributed by atoms with E-state index in [1.54, 1.807) is 30.5 Å². The number of aliphatic imine (C=N–C) groups is 1. The van der Waals surface area contributed by atoms with Crippen LogP contribution in [0.2, 0.25) is 0 Å². The molecule has 0 atom stereocenters. The minimum absolute atomic E-state index is 0.243. The van der Waals surface area contributed by atoms with E-state index in [1.807, 2.05) is 31.2 Å². The first-order valence-corrected chi connectivity index (χ1v) is 10.8. The topological polar surface area (TPSA) is 68.1 Å². The zero-order valence-corrected chi connectivity index (χ0v) is 19.1. The number of rotatable bonds is 9. The van der Waals surface area contributed by atoms with Crippen molar-refractivity contribution in [2.45, 2.75) is 26.9 Å². The van der Waals surface area contributed by atoms with Crippen LogP contribution in [0.4, 0.5) is 5.69 Å². The average Bonchev–Trinajstić information content (AvgIpc) is 2.78. The van der Waals surface area contributed by atoms with Crippen molar-refractivity contribution in [3.63, 3.8) is 0 Å². The highest BCUT2D eigenvalue weighted by Gasteiger charge is 2.12. The molecule has 0 amide bonds. The molecule has 3 rings (SSSR count). The van der Waals surface area contributed by atoms with Gasteiger partial charge in [-0.25, -0.2) is 4.79 Å². The SMILES string of the molecule is CCOc1cc(C=Nc2ccc(CC)cc2)cc(Br)c1OCc1ccc(C(=O)O)cc1. The van der Waals surface area contributed by atoms with Crippen LogP contribution in [0, 0.1) is 0 Å². The number of carboxylic acids is 1. The molecule has 0 aliphatic carbocycles. The van der Waals surface area contributed by atoms with Crippen LogP contribution < -0.4 is 9.47 Å². The number of benzene rings is 3. The Kier molecular flexibility index (Phi) is 7.84. The van der Waals surface area contributed by atoms with Gasteiger partial charge < -0.3 is 14.6 Å². The maximum Gasteiger partial charge on any atom is 0.335 e. The molecule has 0 saturated carbocycles. The molecule has 0 heterocycles. The van der Waals surface area contributed by atoms with Gasteiger partial charge in [-0.05, 0) is 82.4 Å². The van der Waals surface area contributed by atoms with Crippen LogP contribution in [0.5, 0.6) is 11.5 Å². The zero-order valence-electron chi connectivity index (χ0n) is 17.5. The van der Waals surface area contributed by atoms with Gasteiger partial charge in [0, 0.05) is 6.21 Å². The van der Waals surface area contributed by atoms with Gasteiger partial charge in [0.05, 0.1) is 22.3 Å². The fourth-order valence-electron chi connectivity index (χ4n) is 2.93. The summed E-state index contributed by atoms with van der Waals surface area (Å²) in [4.78, 5) is 15.5. The van der Waals surface area contributed by atoms with Crippen LogP contribution in [-0.2, 0) is 13.0 Å². The van der Waals surface area contributed by atoms with Gasteiger partial charge in [0.15, 0.2) is 11.5 Å². The molecule has 3 aromatic carbocycles. The fourth-order valence-corrected chi connectivity index (χ4v) is 3.51. The van der Waals surface area contributed by atoms with Crippen molar-refractivity contribution in [3.05, 3.63) is 87.4 Å². The van der Waals surface area contributed by atoms with Gasteiger partial charge in [-0.1, -0.05) is 31.2 Å². The van der Waals surface area contributed by atoms with E-state index in [-0.39, 0.29) is 12.2 Å². The average molecular weight is 482 g/mol. The van der Waals surface area contributed by atoms with E-state index in [4.69, 9.17) is 14.6 Å². The molecule has 0 saturated heterocycles. The second-order valence-corrected chi connectivity index (χ2v) is 7.69. The van der Waals surface area contributed by atoms with Crippen LogP contribution in [0.15, 0.2) is 70.1 Å². The molecule has 0 fully saturated rings. The number of aryl methyl sites for hydroxylation is 1. The molecule has 0 radical (unpaired) electrons. The summed E-state index contributed by atoms with van der Waals surface area (Å²) in [6.45, 7) is 4.82. The van der Waals surface area contributed by atoms with E-state index >= 15 is 0 Å². The number of hydrogen-bond acceptors (Lipinski definition) is 4. The van der Waals surface area contributed by atoms with Gasteiger partial charge >= 0.3 is 5.97 Å². The lowest BCUT2D eigenvalue weighted by Crippen LogP contribution is -2.02. The van der Waals surface area contributed by atoms with Crippen molar-refractivity contribution < 1.29 is 19.4 Å².